The number of rotatable bonds is 36. The Morgan fingerprint density at radius 3 is 1.03 bits per heavy atom. The molecule has 1 aliphatic rings. The smallest absolute Gasteiger partial charge is 0.217 e. The molecule has 2 aromatic carbocycles. The summed E-state index contributed by atoms with van der Waals surface area (Å²) in [5.74, 6) is -0.283. The van der Waals surface area contributed by atoms with E-state index < -0.39 is 0 Å². The van der Waals surface area contributed by atoms with Crippen LogP contribution >= 0.6 is 56.7 Å². The number of nitrogens with two attached hydrogens (primary N) is 5. The van der Waals surface area contributed by atoms with Crippen LogP contribution in [0.4, 0.5) is 0 Å². The minimum Gasteiger partial charge on any atom is -0.347 e. The van der Waals surface area contributed by atoms with Gasteiger partial charge in [-0.3, -0.25) is 38.9 Å². The van der Waals surface area contributed by atoms with Crippen LogP contribution in [-0.2, 0) is 29.4 Å². The molecular formula is C77H107N23O5S5. The highest BCUT2D eigenvalue weighted by atomic mass is 32.1. The lowest BCUT2D eigenvalue weighted by molar-refractivity contribution is -0.120. The lowest BCUT2D eigenvalue weighted by Crippen LogP contribution is -2.26. The summed E-state index contributed by atoms with van der Waals surface area (Å²) in [6, 6.07) is 33.3. The number of carbonyl (C=O) groups is 5. The van der Waals surface area contributed by atoms with E-state index in [1.807, 2.05) is 78.9 Å². The molecule has 33 heteroatoms. The number of benzene rings is 2. The highest BCUT2D eigenvalue weighted by Crippen LogP contribution is 2.54. The van der Waals surface area contributed by atoms with Crippen LogP contribution < -0.4 is 55.3 Å². The molecule has 5 amide bonds. The van der Waals surface area contributed by atoms with Crippen LogP contribution in [0.3, 0.4) is 0 Å². The SMILES string of the molecule is C.CC(=O)N[C@@H](CCCCN)c1nnc(-c2ccccc2)s1.CC(=O)N[C@@H](CCCCN)c1nnc(-c2ccccn2)s1.CC(=O)N[C@@H](CCCCN)c1nnc(-c2ccccn2)s1.CC(=O)N[C@@H](CCCCN)c1nnc(-c2cccnc2)s1.CC(=O)N[C@@H](CCCCN)c1nnc(C2(c3ccc(C)cc3)CC2)s1. The van der Waals surface area contributed by atoms with Crippen molar-refractivity contribution in [3.63, 3.8) is 0 Å². The van der Waals surface area contributed by atoms with Crippen LogP contribution in [-0.4, -0.2) is 128 Å². The minimum atomic E-state index is -0.107. The maximum Gasteiger partial charge on any atom is 0.217 e. The molecule has 0 bridgehead atoms. The third kappa shape index (κ3) is 30.6. The second-order valence-corrected chi connectivity index (χ2v) is 30.9. The van der Waals surface area contributed by atoms with Crippen molar-refractivity contribution in [1.82, 2.24) is 92.5 Å². The molecule has 5 atom stereocenters. The van der Waals surface area contributed by atoms with Crippen LogP contribution in [0.15, 0.2) is 128 Å². The Bertz CT molecular complexity index is 3850. The van der Waals surface area contributed by atoms with Crippen molar-refractivity contribution < 1.29 is 24.0 Å². The Morgan fingerprint density at radius 2 is 0.700 bits per heavy atom. The monoisotopic (exact) mass is 1590 g/mol. The molecule has 110 heavy (non-hydrogen) atoms. The molecule has 0 aliphatic heterocycles. The quantitative estimate of drug-likeness (QED) is 0.0163. The average molecular weight is 1600 g/mol. The predicted octanol–water partition coefficient (Wildman–Crippen LogP) is 12.1. The first kappa shape index (κ1) is 89.7. The van der Waals surface area contributed by atoms with Gasteiger partial charge in [0.15, 0.2) is 10.0 Å². The molecule has 0 saturated heterocycles. The van der Waals surface area contributed by atoms with Crippen LogP contribution in [0.25, 0.3) is 42.5 Å². The molecular weight excluding hydrogens is 1490 g/mol. The van der Waals surface area contributed by atoms with Crippen molar-refractivity contribution in [3.05, 3.63) is 169 Å². The molecule has 1 fully saturated rings. The molecule has 0 unspecified atom stereocenters. The van der Waals surface area contributed by atoms with E-state index in [9.17, 15) is 24.0 Å². The molecule has 8 aromatic heterocycles. The van der Waals surface area contributed by atoms with Gasteiger partial charge in [-0.2, -0.15) is 0 Å². The third-order valence-corrected chi connectivity index (χ3v) is 22.3. The number of aryl methyl sites for hydroxylation is 1. The molecule has 0 spiro atoms. The molecule has 1 aliphatic carbocycles. The molecule has 11 rings (SSSR count). The van der Waals surface area contributed by atoms with Crippen molar-refractivity contribution >= 4 is 86.2 Å². The fourth-order valence-corrected chi connectivity index (χ4v) is 16.0. The lowest BCUT2D eigenvalue weighted by Gasteiger charge is -2.15. The fourth-order valence-electron chi connectivity index (χ4n) is 11.2. The van der Waals surface area contributed by atoms with E-state index in [-0.39, 0.29) is 72.6 Å². The van der Waals surface area contributed by atoms with Crippen molar-refractivity contribution in [2.75, 3.05) is 32.7 Å². The number of aromatic nitrogens is 13. The van der Waals surface area contributed by atoms with Crippen molar-refractivity contribution in [2.24, 2.45) is 28.7 Å². The van der Waals surface area contributed by atoms with Gasteiger partial charge in [-0.15, -0.1) is 51.0 Å². The second-order valence-electron chi connectivity index (χ2n) is 25.9. The summed E-state index contributed by atoms with van der Waals surface area (Å²) in [4.78, 5) is 69.5. The van der Waals surface area contributed by atoms with Crippen molar-refractivity contribution in [1.29, 1.82) is 0 Å². The number of hydrogen-bond donors (Lipinski definition) is 10. The van der Waals surface area contributed by atoms with Gasteiger partial charge in [0.1, 0.15) is 51.4 Å². The average Bonchev–Trinajstić information content (AvgIpc) is 1.58. The van der Waals surface area contributed by atoms with E-state index in [1.54, 1.807) is 43.0 Å². The van der Waals surface area contributed by atoms with Crippen LogP contribution in [0.5, 0.6) is 0 Å². The van der Waals surface area contributed by atoms with Gasteiger partial charge in [-0.05, 0) is 191 Å². The van der Waals surface area contributed by atoms with E-state index in [1.165, 1.54) is 84.2 Å². The number of pyridine rings is 3. The van der Waals surface area contributed by atoms with Gasteiger partial charge < -0.3 is 55.3 Å². The number of carbonyl (C=O) groups excluding carboxylic acids is 5. The van der Waals surface area contributed by atoms with Gasteiger partial charge >= 0.3 is 0 Å². The molecule has 28 nitrogen and oxygen atoms in total. The molecule has 1 saturated carbocycles. The maximum absolute atomic E-state index is 11.6. The van der Waals surface area contributed by atoms with Crippen LogP contribution in [0, 0.1) is 6.92 Å². The maximum atomic E-state index is 11.6. The number of hydrogen-bond acceptors (Lipinski definition) is 28. The summed E-state index contributed by atoms with van der Waals surface area (Å²) in [6.45, 7) is 13.0. The van der Waals surface area contributed by atoms with E-state index in [2.05, 4.69) is 124 Å². The van der Waals surface area contributed by atoms with Gasteiger partial charge in [0, 0.05) is 75.9 Å². The highest BCUT2D eigenvalue weighted by Gasteiger charge is 2.49. The molecule has 15 N–H and O–H groups in total. The van der Waals surface area contributed by atoms with E-state index in [4.69, 9.17) is 28.7 Å². The van der Waals surface area contributed by atoms with Gasteiger partial charge in [-0.1, -0.05) is 136 Å². The van der Waals surface area contributed by atoms with Gasteiger partial charge in [0.05, 0.1) is 30.2 Å². The van der Waals surface area contributed by atoms with Gasteiger partial charge in [0.25, 0.3) is 0 Å². The normalized spacial score (nSPS) is 13.0. The Balaban J connectivity index is 0.000000215. The van der Waals surface area contributed by atoms with E-state index in [0.29, 0.717) is 32.7 Å². The van der Waals surface area contributed by atoms with E-state index >= 15 is 0 Å². The number of amides is 5. The second kappa shape index (κ2) is 49.2. The first-order valence-corrected chi connectivity index (χ1v) is 40.8. The fraction of sp³-hybridized carbons (Fsp3) is 0.455. The summed E-state index contributed by atoms with van der Waals surface area (Å²) in [5, 5.41) is 65.8. The number of unbranched alkanes of at least 4 members (excludes halogenated alkanes) is 5. The van der Waals surface area contributed by atoms with Gasteiger partial charge in [-0.25, -0.2) is 0 Å². The minimum absolute atomic E-state index is 0. The number of nitrogens with one attached hydrogen (secondary N) is 5. The summed E-state index contributed by atoms with van der Waals surface area (Å²) >= 11 is 7.58. The molecule has 8 heterocycles. The Morgan fingerprint density at radius 1 is 0.373 bits per heavy atom. The zero-order chi connectivity index (χ0) is 78.2. The Kier molecular flexibility index (Phi) is 40.1. The number of nitrogens with zero attached hydrogens (tertiary/aromatic N) is 13. The Hall–Kier alpha value is -9.16. The summed E-state index contributed by atoms with van der Waals surface area (Å²) in [5.41, 5.74) is 33.8. The zero-order valence-electron chi connectivity index (χ0n) is 62.9. The van der Waals surface area contributed by atoms with E-state index in [0.717, 1.165) is 182 Å². The lowest BCUT2D eigenvalue weighted by atomic mass is 9.96. The van der Waals surface area contributed by atoms with Gasteiger partial charge in [0.2, 0.25) is 29.5 Å². The topological polar surface area (TPSA) is 443 Å². The largest absolute Gasteiger partial charge is 0.347 e. The first-order chi connectivity index (χ1) is 52.9. The zero-order valence-corrected chi connectivity index (χ0v) is 66.9. The third-order valence-electron chi connectivity index (χ3n) is 16.8. The summed E-state index contributed by atoms with van der Waals surface area (Å²) < 4.78 is 0. The molecule has 0 radical (unpaired) electrons. The standard InChI is InChI=1S/C19H26N4OS.C15H20N4OS.3C14H19N5OS.CH4/c1-13-6-8-15(9-7-13)19(10-11-19)18-23-22-17(25-18)16(21-14(2)24)5-3-4-12-20;1-11(20)17-13(9-5-6-10-16)15-19-18-14(21-15)12-7-3-2-4-8-12;2*1-10(20)17-12(7-2-4-8-15)14-19-18-13(21-14)11-6-3-5-9-16-11;1-10(20)17-12(6-2-3-7-15)14-19-18-13(21-14)11-5-4-8-16-9-11;/h6-9,16H,3-5,10-12,20H2,1-2H3,(H,21,24);2-4,7-8,13H,5-6,9-10,16H2,1H3,(H,17,20);2*3,5-6,9,12H,2,4,7-8,15H2,1H3,(H,17,20);4-5,8-9,12H,2-3,6-7,15H2,1H3,(H,17,20);1H4/t16-;13-;3*12-;/m00000./s1. The van der Waals surface area contributed by atoms with Crippen LogP contribution in [0.1, 0.15) is 223 Å². The van der Waals surface area contributed by atoms with Crippen molar-refractivity contribution in [3.8, 4) is 42.5 Å². The predicted molar refractivity (Wildman–Crippen MR) is 440 cm³/mol. The molecule has 590 valence electrons. The van der Waals surface area contributed by atoms with Crippen LogP contribution in [0.2, 0.25) is 0 Å². The summed E-state index contributed by atoms with van der Waals surface area (Å²) in [6.07, 6.45) is 22.7. The first-order valence-electron chi connectivity index (χ1n) is 36.8. The Labute approximate surface area is 665 Å². The highest BCUT2D eigenvalue weighted by molar-refractivity contribution is 7.15. The summed E-state index contributed by atoms with van der Waals surface area (Å²) in [7, 11) is 0. The van der Waals surface area contributed by atoms with Crippen molar-refractivity contribution in [2.45, 2.75) is 194 Å². The molecule has 10 aromatic rings.